The van der Waals surface area contributed by atoms with Gasteiger partial charge in [-0.3, -0.25) is 0 Å². The van der Waals surface area contributed by atoms with Crippen LogP contribution in [0.5, 0.6) is 5.75 Å². The lowest BCUT2D eigenvalue weighted by Crippen LogP contribution is -2.08. The summed E-state index contributed by atoms with van der Waals surface area (Å²) in [6.07, 6.45) is 5.58. The molecule has 1 aliphatic rings. The van der Waals surface area contributed by atoms with E-state index >= 15 is 0 Å². The summed E-state index contributed by atoms with van der Waals surface area (Å²) < 4.78 is 12.0. The zero-order chi connectivity index (χ0) is 20.2. The molecule has 0 bridgehead atoms. The van der Waals surface area contributed by atoms with Crippen molar-refractivity contribution in [1.82, 2.24) is 4.98 Å². The molecule has 0 saturated carbocycles. The molecule has 2 aromatic carbocycles. The molecule has 3 aromatic rings. The quantitative estimate of drug-likeness (QED) is 0.596. The van der Waals surface area contributed by atoms with Crippen LogP contribution in [-0.4, -0.2) is 23.3 Å². The van der Waals surface area contributed by atoms with Crippen LogP contribution in [-0.2, 0) is 12.8 Å². The molecular formula is C25H27NO3. The summed E-state index contributed by atoms with van der Waals surface area (Å²) in [6.45, 7) is 4.75. The van der Waals surface area contributed by atoms with Crippen LogP contribution >= 0.6 is 0 Å². The van der Waals surface area contributed by atoms with Crippen molar-refractivity contribution in [3.63, 3.8) is 0 Å². The molecule has 4 rings (SSSR count). The number of ether oxygens (including phenoxy) is 1. The van der Waals surface area contributed by atoms with Gasteiger partial charge in [0.25, 0.3) is 0 Å². The number of rotatable bonds is 7. The minimum atomic E-state index is 0.172. The fourth-order valence-corrected chi connectivity index (χ4v) is 3.85. The predicted octanol–water partition coefficient (Wildman–Crippen LogP) is 5.29. The Morgan fingerprint density at radius 3 is 2.69 bits per heavy atom. The molecular weight excluding hydrogens is 362 g/mol. The predicted molar refractivity (Wildman–Crippen MR) is 115 cm³/mol. The summed E-state index contributed by atoms with van der Waals surface area (Å²) >= 11 is 0. The number of oxazole rings is 1. The number of hydrogen-bond donors (Lipinski definition) is 1. The fraction of sp³-hybridized carbons (Fsp3) is 0.320. The maximum atomic E-state index is 9.32. The molecule has 1 N–H and O–H groups in total. The van der Waals surface area contributed by atoms with Crippen LogP contribution in [0.2, 0.25) is 0 Å². The highest BCUT2D eigenvalue weighted by molar-refractivity contribution is 5.72. The highest BCUT2D eigenvalue weighted by Gasteiger charge is 2.17. The molecule has 1 aliphatic carbocycles. The van der Waals surface area contributed by atoms with Crippen molar-refractivity contribution in [2.75, 3.05) is 13.2 Å². The summed E-state index contributed by atoms with van der Waals surface area (Å²) in [5, 5.41) is 9.32. The lowest BCUT2D eigenvalue weighted by molar-refractivity contribution is 0.304. The van der Waals surface area contributed by atoms with Crippen LogP contribution in [0.25, 0.3) is 17.0 Å². The van der Waals surface area contributed by atoms with Gasteiger partial charge in [0, 0.05) is 24.2 Å². The van der Waals surface area contributed by atoms with Crippen molar-refractivity contribution in [1.29, 1.82) is 0 Å². The summed E-state index contributed by atoms with van der Waals surface area (Å²) in [7, 11) is 0. The molecule has 0 aliphatic heterocycles. The first-order chi connectivity index (χ1) is 14.2. The average molecular weight is 389 g/mol. The molecule has 4 nitrogen and oxygen atoms in total. The Hall–Kier alpha value is -2.85. The second kappa shape index (κ2) is 8.66. The van der Waals surface area contributed by atoms with Gasteiger partial charge in [0.1, 0.15) is 11.5 Å². The van der Waals surface area contributed by atoms with Crippen molar-refractivity contribution < 1.29 is 14.3 Å². The third-order valence-electron chi connectivity index (χ3n) is 5.43. The Kier molecular flexibility index (Phi) is 5.81. The number of allylic oxidation sites excluding steroid dienone is 1. The molecule has 0 radical (unpaired) electrons. The van der Waals surface area contributed by atoms with Crippen molar-refractivity contribution in [3.05, 3.63) is 76.7 Å². The Balaban J connectivity index is 1.44. The monoisotopic (exact) mass is 389 g/mol. The Labute approximate surface area is 171 Å². The van der Waals surface area contributed by atoms with E-state index in [-0.39, 0.29) is 6.61 Å². The van der Waals surface area contributed by atoms with Crippen LogP contribution < -0.4 is 4.74 Å². The van der Waals surface area contributed by atoms with E-state index in [4.69, 9.17) is 9.15 Å². The number of nitrogens with zero attached hydrogens (tertiary/aromatic N) is 1. The molecule has 4 heteroatoms. The van der Waals surface area contributed by atoms with Gasteiger partial charge in [-0.25, -0.2) is 4.98 Å². The molecule has 150 valence electrons. The lowest BCUT2D eigenvalue weighted by atomic mass is 9.89. The molecule has 29 heavy (non-hydrogen) atoms. The molecule has 0 amide bonds. The number of hydrogen-bond acceptors (Lipinski definition) is 4. The lowest BCUT2D eigenvalue weighted by Gasteiger charge is -2.20. The van der Waals surface area contributed by atoms with Gasteiger partial charge in [-0.15, -0.1) is 0 Å². The molecule has 0 atom stereocenters. The van der Waals surface area contributed by atoms with Gasteiger partial charge in [-0.2, -0.15) is 0 Å². The average Bonchev–Trinajstić information content (AvgIpc) is 3.10. The number of fused-ring (bicyclic) bond motifs is 1. The van der Waals surface area contributed by atoms with Crippen LogP contribution in [0.4, 0.5) is 0 Å². The fourth-order valence-electron chi connectivity index (χ4n) is 3.85. The van der Waals surface area contributed by atoms with Crippen molar-refractivity contribution in [2.45, 2.75) is 39.5 Å². The molecule has 0 saturated heterocycles. The van der Waals surface area contributed by atoms with Crippen LogP contribution in [0, 0.1) is 13.8 Å². The SMILES string of the molecule is Cc1ccc(-c2nc(CCOc3cccc4c3CCC=C4CCO)c(C)o2)cc1. The topological polar surface area (TPSA) is 55.5 Å². The first-order valence-corrected chi connectivity index (χ1v) is 10.2. The second-order valence-electron chi connectivity index (χ2n) is 7.51. The van der Waals surface area contributed by atoms with Gasteiger partial charge in [-0.1, -0.05) is 35.9 Å². The molecule has 0 fully saturated rings. The van der Waals surface area contributed by atoms with Gasteiger partial charge in [0.05, 0.1) is 12.3 Å². The zero-order valence-corrected chi connectivity index (χ0v) is 17.1. The number of aliphatic hydroxyl groups is 1. The Morgan fingerprint density at radius 1 is 1.07 bits per heavy atom. The van der Waals surface area contributed by atoms with Crippen molar-refractivity contribution >= 4 is 5.57 Å². The molecule has 1 heterocycles. The third kappa shape index (κ3) is 4.28. The van der Waals surface area contributed by atoms with E-state index in [1.54, 1.807) is 0 Å². The van der Waals surface area contributed by atoms with E-state index in [1.165, 1.54) is 22.3 Å². The van der Waals surface area contributed by atoms with Crippen LogP contribution in [0.1, 0.15) is 41.0 Å². The normalized spacial score (nSPS) is 13.1. The van der Waals surface area contributed by atoms with E-state index in [9.17, 15) is 5.11 Å². The van der Waals surface area contributed by atoms with Crippen molar-refractivity contribution in [3.8, 4) is 17.2 Å². The first-order valence-electron chi connectivity index (χ1n) is 10.2. The zero-order valence-electron chi connectivity index (χ0n) is 17.1. The summed E-state index contributed by atoms with van der Waals surface area (Å²) in [5.74, 6) is 2.44. The van der Waals surface area contributed by atoms with E-state index in [1.807, 2.05) is 31.2 Å². The Morgan fingerprint density at radius 2 is 1.90 bits per heavy atom. The van der Waals surface area contributed by atoms with Crippen molar-refractivity contribution in [2.24, 2.45) is 0 Å². The summed E-state index contributed by atoms with van der Waals surface area (Å²) in [4.78, 5) is 4.68. The smallest absolute Gasteiger partial charge is 0.226 e. The summed E-state index contributed by atoms with van der Waals surface area (Å²) in [6, 6.07) is 14.4. The summed E-state index contributed by atoms with van der Waals surface area (Å²) in [5.41, 5.74) is 6.82. The van der Waals surface area contributed by atoms with Gasteiger partial charge < -0.3 is 14.3 Å². The van der Waals surface area contributed by atoms with Crippen LogP contribution in [0.3, 0.4) is 0 Å². The molecule has 1 aromatic heterocycles. The third-order valence-corrected chi connectivity index (χ3v) is 5.43. The van der Waals surface area contributed by atoms with E-state index in [0.29, 0.717) is 25.3 Å². The molecule has 0 unspecified atom stereocenters. The minimum Gasteiger partial charge on any atom is -0.493 e. The highest BCUT2D eigenvalue weighted by atomic mass is 16.5. The second-order valence-corrected chi connectivity index (χ2v) is 7.51. The maximum Gasteiger partial charge on any atom is 0.226 e. The number of aryl methyl sites for hydroxylation is 2. The standard InChI is InChI=1S/C25H27NO3/c1-17-9-11-20(12-10-17)25-26-23(18(2)29-25)14-16-28-24-8-4-6-21-19(13-15-27)5-3-7-22(21)24/h4-6,8-12,27H,3,7,13-16H2,1-2H3. The number of aliphatic hydroxyl groups excluding tert-OH is 1. The van der Waals surface area contributed by atoms with Crippen LogP contribution in [0.15, 0.2) is 53.0 Å². The first kappa shape index (κ1) is 19.5. The Bertz CT molecular complexity index is 1020. The van der Waals surface area contributed by atoms with E-state index in [2.05, 4.69) is 36.2 Å². The van der Waals surface area contributed by atoms with Gasteiger partial charge in [-0.05, 0) is 62.4 Å². The molecule has 0 spiro atoms. The van der Waals surface area contributed by atoms with Gasteiger partial charge in [0.15, 0.2) is 0 Å². The largest absolute Gasteiger partial charge is 0.493 e. The van der Waals surface area contributed by atoms with E-state index in [0.717, 1.165) is 35.6 Å². The van der Waals surface area contributed by atoms with Gasteiger partial charge >= 0.3 is 0 Å². The van der Waals surface area contributed by atoms with Gasteiger partial charge in [0.2, 0.25) is 5.89 Å². The maximum absolute atomic E-state index is 9.32. The number of aromatic nitrogens is 1. The minimum absolute atomic E-state index is 0.172. The highest BCUT2D eigenvalue weighted by Crippen LogP contribution is 2.34. The van der Waals surface area contributed by atoms with E-state index < -0.39 is 0 Å². The number of benzene rings is 2.